The normalized spacial score (nSPS) is 16.7. The first-order valence-corrected chi connectivity index (χ1v) is 9.75. The summed E-state index contributed by atoms with van der Waals surface area (Å²) >= 11 is 0. The van der Waals surface area contributed by atoms with Crippen molar-refractivity contribution in [1.82, 2.24) is 20.5 Å². The van der Waals surface area contributed by atoms with Crippen LogP contribution >= 0.6 is 0 Å². The molecular formula is C22H25N5O. The predicted octanol–water partition coefficient (Wildman–Crippen LogP) is 3.21. The molecule has 3 heterocycles. The molecule has 3 aromatic rings. The molecule has 0 radical (unpaired) electrons. The van der Waals surface area contributed by atoms with Crippen molar-refractivity contribution in [3.05, 3.63) is 78.2 Å². The fraction of sp³-hybridized carbons (Fsp3) is 0.318. The van der Waals surface area contributed by atoms with Crippen molar-refractivity contribution in [3.8, 4) is 5.75 Å². The van der Waals surface area contributed by atoms with Crippen LogP contribution in [-0.2, 0) is 13.2 Å². The lowest BCUT2D eigenvalue weighted by Crippen LogP contribution is -2.45. The number of ether oxygens (including phenoxy) is 1. The summed E-state index contributed by atoms with van der Waals surface area (Å²) in [5.41, 5.74) is 2.09. The summed E-state index contributed by atoms with van der Waals surface area (Å²) in [7, 11) is 0. The van der Waals surface area contributed by atoms with Crippen LogP contribution in [0.15, 0.2) is 67.0 Å². The van der Waals surface area contributed by atoms with E-state index in [1.165, 1.54) is 0 Å². The number of rotatable bonds is 7. The molecule has 1 unspecified atom stereocenters. The number of hydrogen-bond acceptors (Lipinski definition) is 6. The molecule has 1 aromatic carbocycles. The third-order valence-electron chi connectivity index (χ3n) is 4.96. The first-order chi connectivity index (χ1) is 13.9. The standard InChI is InChI=1S/C22H25N5O/c1-2-10-21(28-17-20-8-3-4-12-23-20)18(7-1)15-24-19-9-6-14-27(16-19)22-11-5-13-25-26-22/h1-5,7-8,10-13,19,24H,6,9,14-17H2. The molecule has 1 aliphatic rings. The van der Waals surface area contributed by atoms with Gasteiger partial charge in [-0.15, -0.1) is 5.10 Å². The fourth-order valence-electron chi connectivity index (χ4n) is 3.49. The number of hydrogen-bond donors (Lipinski definition) is 1. The van der Waals surface area contributed by atoms with Crippen molar-refractivity contribution in [2.45, 2.75) is 32.0 Å². The molecule has 0 aliphatic carbocycles. The highest BCUT2D eigenvalue weighted by Gasteiger charge is 2.21. The van der Waals surface area contributed by atoms with Gasteiger partial charge in [-0.05, 0) is 43.2 Å². The van der Waals surface area contributed by atoms with Gasteiger partial charge >= 0.3 is 0 Å². The van der Waals surface area contributed by atoms with Crippen molar-refractivity contribution >= 4 is 5.82 Å². The Morgan fingerprint density at radius 1 is 1.04 bits per heavy atom. The lowest BCUT2D eigenvalue weighted by atomic mass is 10.0. The number of nitrogens with one attached hydrogen (secondary N) is 1. The van der Waals surface area contributed by atoms with E-state index in [0.29, 0.717) is 12.6 Å². The molecule has 0 bridgehead atoms. The zero-order valence-corrected chi connectivity index (χ0v) is 15.9. The number of pyridine rings is 1. The van der Waals surface area contributed by atoms with Gasteiger partial charge in [-0.3, -0.25) is 4.98 Å². The Morgan fingerprint density at radius 2 is 1.96 bits per heavy atom. The number of para-hydroxylation sites is 1. The Balaban J connectivity index is 1.34. The predicted molar refractivity (Wildman–Crippen MR) is 109 cm³/mol. The molecule has 1 N–H and O–H groups in total. The molecule has 1 atom stereocenters. The minimum absolute atomic E-state index is 0.416. The maximum absolute atomic E-state index is 6.02. The van der Waals surface area contributed by atoms with Crippen LogP contribution in [0.3, 0.4) is 0 Å². The van der Waals surface area contributed by atoms with Crippen molar-refractivity contribution in [2.75, 3.05) is 18.0 Å². The van der Waals surface area contributed by atoms with Gasteiger partial charge in [0.05, 0.1) is 5.69 Å². The van der Waals surface area contributed by atoms with Gasteiger partial charge in [0, 0.05) is 43.6 Å². The number of piperidine rings is 1. The van der Waals surface area contributed by atoms with E-state index in [1.54, 1.807) is 12.4 Å². The van der Waals surface area contributed by atoms with Crippen LogP contribution in [0.5, 0.6) is 5.75 Å². The molecule has 28 heavy (non-hydrogen) atoms. The first-order valence-electron chi connectivity index (χ1n) is 9.75. The molecule has 6 heteroatoms. The van der Waals surface area contributed by atoms with E-state index in [9.17, 15) is 0 Å². The van der Waals surface area contributed by atoms with E-state index in [-0.39, 0.29) is 0 Å². The zero-order valence-electron chi connectivity index (χ0n) is 15.9. The Bertz CT molecular complexity index is 859. The van der Waals surface area contributed by atoms with Crippen LogP contribution in [0.4, 0.5) is 5.82 Å². The summed E-state index contributed by atoms with van der Waals surface area (Å²) in [6, 6.07) is 18.4. The molecule has 1 fully saturated rings. The molecular weight excluding hydrogens is 350 g/mol. The van der Waals surface area contributed by atoms with Crippen LogP contribution in [0.2, 0.25) is 0 Å². The lowest BCUT2D eigenvalue weighted by molar-refractivity contribution is 0.296. The first kappa shape index (κ1) is 18.4. The van der Waals surface area contributed by atoms with Crippen LogP contribution < -0.4 is 15.0 Å². The maximum atomic E-state index is 6.02. The minimum atomic E-state index is 0.416. The number of benzene rings is 1. The summed E-state index contributed by atoms with van der Waals surface area (Å²) in [5.74, 6) is 1.86. The van der Waals surface area contributed by atoms with E-state index >= 15 is 0 Å². The minimum Gasteiger partial charge on any atom is -0.487 e. The highest BCUT2D eigenvalue weighted by atomic mass is 16.5. The zero-order chi connectivity index (χ0) is 19.0. The van der Waals surface area contributed by atoms with Crippen LogP contribution in [0, 0.1) is 0 Å². The van der Waals surface area contributed by atoms with Gasteiger partial charge in [0.25, 0.3) is 0 Å². The second-order valence-corrected chi connectivity index (χ2v) is 6.97. The topological polar surface area (TPSA) is 63.2 Å². The van der Waals surface area contributed by atoms with Crippen LogP contribution in [0.25, 0.3) is 0 Å². The molecule has 2 aromatic heterocycles. The van der Waals surface area contributed by atoms with Gasteiger partial charge < -0.3 is 15.0 Å². The molecule has 144 valence electrons. The smallest absolute Gasteiger partial charge is 0.151 e. The summed E-state index contributed by atoms with van der Waals surface area (Å²) in [6.07, 6.45) is 5.81. The van der Waals surface area contributed by atoms with E-state index in [0.717, 1.165) is 55.3 Å². The Morgan fingerprint density at radius 3 is 2.82 bits per heavy atom. The van der Waals surface area contributed by atoms with Gasteiger partial charge in [-0.25, -0.2) is 0 Å². The molecule has 1 aliphatic heterocycles. The van der Waals surface area contributed by atoms with Gasteiger partial charge in [0.1, 0.15) is 12.4 Å². The molecule has 0 amide bonds. The highest BCUT2D eigenvalue weighted by Crippen LogP contribution is 2.21. The SMILES string of the molecule is c1ccc(COc2ccccc2CNC2CCCN(c3cccnn3)C2)nc1. The van der Waals surface area contributed by atoms with E-state index in [1.807, 2.05) is 42.5 Å². The van der Waals surface area contributed by atoms with Crippen molar-refractivity contribution in [3.63, 3.8) is 0 Å². The monoisotopic (exact) mass is 375 g/mol. The van der Waals surface area contributed by atoms with E-state index in [4.69, 9.17) is 4.74 Å². The third-order valence-corrected chi connectivity index (χ3v) is 4.96. The lowest BCUT2D eigenvalue weighted by Gasteiger charge is -2.33. The Kier molecular flexibility index (Phi) is 6.09. The fourth-order valence-corrected chi connectivity index (χ4v) is 3.49. The number of anilines is 1. The van der Waals surface area contributed by atoms with E-state index < -0.39 is 0 Å². The summed E-state index contributed by atoms with van der Waals surface area (Å²) < 4.78 is 6.02. The molecule has 0 saturated carbocycles. The van der Waals surface area contributed by atoms with Crippen molar-refractivity contribution < 1.29 is 4.74 Å². The third kappa shape index (κ3) is 4.84. The van der Waals surface area contributed by atoms with Crippen molar-refractivity contribution in [1.29, 1.82) is 0 Å². The molecule has 0 spiro atoms. The van der Waals surface area contributed by atoms with Gasteiger partial charge in [-0.2, -0.15) is 5.10 Å². The number of aromatic nitrogens is 3. The van der Waals surface area contributed by atoms with Crippen LogP contribution in [-0.4, -0.2) is 34.3 Å². The summed E-state index contributed by atoms with van der Waals surface area (Å²) in [6.45, 7) is 3.22. The average Bonchev–Trinajstić information content (AvgIpc) is 2.78. The quantitative estimate of drug-likeness (QED) is 0.684. The molecule has 1 saturated heterocycles. The second-order valence-electron chi connectivity index (χ2n) is 6.97. The maximum Gasteiger partial charge on any atom is 0.151 e. The summed E-state index contributed by atoms with van der Waals surface area (Å²) in [5, 5.41) is 11.9. The van der Waals surface area contributed by atoms with E-state index in [2.05, 4.69) is 37.5 Å². The van der Waals surface area contributed by atoms with Gasteiger partial charge in [-0.1, -0.05) is 24.3 Å². The molecule has 6 nitrogen and oxygen atoms in total. The van der Waals surface area contributed by atoms with Crippen LogP contribution in [0.1, 0.15) is 24.1 Å². The largest absolute Gasteiger partial charge is 0.487 e. The second kappa shape index (κ2) is 9.28. The Hall–Kier alpha value is -2.99. The van der Waals surface area contributed by atoms with Gasteiger partial charge in [0.15, 0.2) is 5.82 Å². The molecule has 4 rings (SSSR count). The number of nitrogens with zero attached hydrogens (tertiary/aromatic N) is 4. The van der Waals surface area contributed by atoms with Crippen molar-refractivity contribution in [2.24, 2.45) is 0 Å². The Labute approximate surface area is 165 Å². The highest BCUT2D eigenvalue weighted by molar-refractivity contribution is 5.37. The average molecular weight is 375 g/mol. The summed E-state index contributed by atoms with van der Waals surface area (Å²) in [4.78, 5) is 6.63. The van der Waals surface area contributed by atoms with Gasteiger partial charge in [0.2, 0.25) is 0 Å².